The average Bonchev–Trinajstić information content (AvgIpc) is 2.29. The number of hydrogen-bond donors (Lipinski definition) is 1. The Morgan fingerprint density at radius 1 is 1.33 bits per heavy atom. The zero-order valence-corrected chi connectivity index (χ0v) is 8.50. The molecule has 0 spiro atoms. The molecule has 0 aliphatic carbocycles. The standard InChI is InChI=1S/C9H20N2O/c1-9(2,3)11-5-7(10)8(6-11)12-4/h7-8H,5-6,10H2,1-4H3/t7-,8-/m1/s1. The van der Waals surface area contributed by atoms with Crippen molar-refractivity contribution in [1.29, 1.82) is 0 Å². The summed E-state index contributed by atoms with van der Waals surface area (Å²) in [5.41, 5.74) is 6.12. The smallest absolute Gasteiger partial charge is 0.0861 e. The fraction of sp³-hybridized carbons (Fsp3) is 1.00. The molecule has 3 nitrogen and oxygen atoms in total. The lowest BCUT2D eigenvalue weighted by Gasteiger charge is -2.31. The van der Waals surface area contributed by atoms with Crippen LogP contribution in [-0.4, -0.2) is 42.8 Å². The number of nitrogens with zero attached hydrogens (tertiary/aromatic N) is 1. The highest BCUT2D eigenvalue weighted by atomic mass is 16.5. The first-order valence-electron chi connectivity index (χ1n) is 4.48. The Kier molecular flexibility index (Phi) is 2.76. The molecule has 0 amide bonds. The van der Waals surface area contributed by atoms with Gasteiger partial charge in [-0.05, 0) is 20.8 Å². The van der Waals surface area contributed by atoms with E-state index in [4.69, 9.17) is 10.5 Å². The fourth-order valence-electron chi connectivity index (χ4n) is 1.60. The molecule has 1 rings (SSSR count). The molecule has 72 valence electrons. The topological polar surface area (TPSA) is 38.5 Å². The van der Waals surface area contributed by atoms with Crippen molar-refractivity contribution < 1.29 is 4.74 Å². The van der Waals surface area contributed by atoms with E-state index in [1.807, 2.05) is 0 Å². The van der Waals surface area contributed by atoms with Gasteiger partial charge in [0.25, 0.3) is 0 Å². The van der Waals surface area contributed by atoms with Gasteiger partial charge in [-0.3, -0.25) is 4.90 Å². The SMILES string of the molecule is CO[C@@H]1CN(C(C)(C)C)C[C@H]1N. The van der Waals surface area contributed by atoms with Crippen LogP contribution in [0.25, 0.3) is 0 Å². The maximum Gasteiger partial charge on any atom is 0.0861 e. The Balaban J connectivity index is 2.54. The van der Waals surface area contributed by atoms with E-state index in [0.29, 0.717) is 0 Å². The van der Waals surface area contributed by atoms with E-state index in [-0.39, 0.29) is 17.7 Å². The third-order valence-electron chi connectivity index (χ3n) is 2.56. The maximum atomic E-state index is 5.91. The predicted molar refractivity (Wildman–Crippen MR) is 50.1 cm³/mol. The monoisotopic (exact) mass is 172 g/mol. The first kappa shape index (κ1) is 9.96. The molecule has 0 aromatic rings. The summed E-state index contributed by atoms with van der Waals surface area (Å²) >= 11 is 0. The summed E-state index contributed by atoms with van der Waals surface area (Å²) < 4.78 is 5.28. The number of nitrogens with two attached hydrogens (primary N) is 1. The van der Waals surface area contributed by atoms with Crippen LogP contribution < -0.4 is 5.73 Å². The van der Waals surface area contributed by atoms with Gasteiger partial charge in [0.1, 0.15) is 0 Å². The molecule has 1 saturated heterocycles. The molecule has 12 heavy (non-hydrogen) atoms. The van der Waals surface area contributed by atoms with Crippen LogP contribution in [0.5, 0.6) is 0 Å². The quantitative estimate of drug-likeness (QED) is 0.624. The van der Waals surface area contributed by atoms with Crippen molar-refractivity contribution in [2.24, 2.45) is 5.73 Å². The molecule has 0 radical (unpaired) electrons. The Morgan fingerprint density at radius 2 is 1.92 bits per heavy atom. The van der Waals surface area contributed by atoms with Crippen molar-refractivity contribution in [1.82, 2.24) is 4.90 Å². The van der Waals surface area contributed by atoms with Crippen LogP contribution in [0.1, 0.15) is 20.8 Å². The van der Waals surface area contributed by atoms with E-state index in [1.165, 1.54) is 0 Å². The van der Waals surface area contributed by atoms with E-state index in [9.17, 15) is 0 Å². The summed E-state index contributed by atoms with van der Waals surface area (Å²) in [6.45, 7) is 8.52. The molecule has 1 fully saturated rings. The van der Waals surface area contributed by atoms with Gasteiger partial charge in [0.15, 0.2) is 0 Å². The van der Waals surface area contributed by atoms with Crippen LogP contribution >= 0.6 is 0 Å². The minimum atomic E-state index is 0.175. The minimum Gasteiger partial charge on any atom is -0.378 e. The van der Waals surface area contributed by atoms with Gasteiger partial charge in [0.2, 0.25) is 0 Å². The molecule has 0 bridgehead atoms. The van der Waals surface area contributed by atoms with Crippen LogP contribution in [0.2, 0.25) is 0 Å². The molecule has 1 aliphatic heterocycles. The van der Waals surface area contributed by atoms with Gasteiger partial charge in [-0.15, -0.1) is 0 Å². The highest BCUT2D eigenvalue weighted by molar-refractivity contribution is 4.92. The summed E-state index contributed by atoms with van der Waals surface area (Å²) in [6.07, 6.45) is 0.212. The van der Waals surface area contributed by atoms with Crippen LogP contribution in [-0.2, 0) is 4.74 Å². The molecule has 0 aromatic heterocycles. The molecule has 1 aliphatic rings. The predicted octanol–water partition coefficient (Wildman–Crippen LogP) is 0.443. The molecular weight excluding hydrogens is 152 g/mol. The number of rotatable bonds is 1. The molecule has 3 heteroatoms. The molecule has 0 aromatic carbocycles. The van der Waals surface area contributed by atoms with Gasteiger partial charge in [-0.25, -0.2) is 0 Å². The van der Waals surface area contributed by atoms with Crippen molar-refractivity contribution in [2.75, 3.05) is 20.2 Å². The summed E-state index contributed by atoms with van der Waals surface area (Å²) in [4.78, 5) is 2.37. The molecular formula is C9H20N2O. The third kappa shape index (κ3) is 1.97. The number of methoxy groups -OCH3 is 1. The molecule has 0 unspecified atom stereocenters. The van der Waals surface area contributed by atoms with Gasteiger partial charge >= 0.3 is 0 Å². The lowest BCUT2D eigenvalue weighted by molar-refractivity contribution is 0.0838. The largest absolute Gasteiger partial charge is 0.378 e. The van der Waals surface area contributed by atoms with Crippen LogP contribution in [0, 0.1) is 0 Å². The highest BCUT2D eigenvalue weighted by Gasteiger charge is 2.35. The Hall–Kier alpha value is -0.120. The van der Waals surface area contributed by atoms with E-state index in [2.05, 4.69) is 25.7 Å². The van der Waals surface area contributed by atoms with Crippen molar-refractivity contribution >= 4 is 0 Å². The van der Waals surface area contributed by atoms with E-state index in [1.54, 1.807) is 7.11 Å². The summed E-state index contributed by atoms with van der Waals surface area (Å²) in [7, 11) is 1.73. The Morgan fingerprint density at radius 3 is 2.17 bits per heavy atom. The average molecular weight is 172 g/mol. The Bertz CT molecular complexity index is 153. The van der Waals surface area contributed by atoms with E-state index >= 15 is 0 Å². The van der Waals surface area contributed by atoms with Crippen molar-refractivity contribution in [3.8, 4) is 0 Å². The summed E-state index contributed by atoms with van der Waals surface area (Å²) in [5, 5.41) is 0. The summed E-state index contributed by atoms with van der Waals surface area (Å²) in [6, 6.07) is 0.175. The molecule has 0 saturated carbocycles. The fourth-order valence-corrected chi connectivity index (χ4v) is 1.60. The second-order valence-electron chi connectivity index (χ2n) is 4.51. The first-order valence-corrected chi connectivity index (χ1v) is 4.48. The van der Waals surface area contributed by atoms with Gasteiger partial charge in [-0.1, -0.05) is 0 Å². The molecule has 2 atom stereocenters. The molecule has 2 N–H and O–H groups in total. The van der Waals surface area contributed by atoms with E-state index in [0.717, 1.165) is 13.1 Å². The van der Waals surface area contributed by atoms with Crippen molar-refractivity contribution in [3.63, 3.8) is 0 Å². The van der Waals surface area contributed by atoms with Gasteiger partial charge < -0.3 is 10.5 Å². The van der Waals surface area contributed by atoms with Crippen molar-refractivity contribution in [3.05, 3.63) is 0 Å². The van der Waals surface area contributed by atoms with Crippen LogP contribution in [0.4, 0.5) is 0 Å². The Labute approximate surface area is 74.9 Å². The highest BCUT2D eigenvalue weighted by Crippen LogP contribution is 2.20. The van der Waals surface area contributed by atoms with Crippen LogP contribution in [0.3, 0.4) is 0 Å². The zero-order chi connectivity index (χ0) is 9.35. The maximum absolute atomic E-state index is 5.91. The van der Waals surface area contributed by atoms with Gasteiger partial charge in [0.05, 0.1) is 6.10 Å². The van der Waals surface area contributed by atoms with E-state index < -0.39 is 0 Å². The third-order valence-corrected chi connectivity index (χ3v) is 2.56. The lowest BCUT2D eigenvalue weighted by Crippen LogP contribution is -2.40. The van der Waals surface area contributed by atoms with Crippen molar-refractivity contribution in [2.45, 2.75) is 38.5 Å². The first-order chi connectivity index (χ1) is 5.45. The number of hydrogen-bond acceptors (Lipinski definition) is 3. The normalized spacial score (nSPS) is 32.8. The minimum absolute atomic E-state index is 0.175. The second-order valence-corrected chi connectivity index (χ2v) is 4.51. The lowest BCUT2D eigenvalue weighted by atomic mass is 10.1. The van der Waals surface area contributed by atoms with Crippen LogP contribution in [0.15, 0.2) is 0 Å². The number of ether oxygens (including phenoxy) is 1. The van der Waals surface area contributed by atoms with Gasteiger partial charge in [0, 0.05) is 31.8 Å². The van der Waals surface area contributed by atoms with Gasteiger partial charge in [-0.2, -0.15) is 0 Å². The molecule has 1 heterocycles. The second kappa shape index (κ2) is 3.32. The summed E-state index contributed by atoms with van der Waals surface area (Å²) in [5.74, 6) is 0. The zero-order valence-electron chi connectivity index (χ0n) is 8.50. The number of likely N-dealkylation sites (tertiary alicyclic amines) is 1.